The number of sulfonamides is 2. The van der Waals surface area contributed by atoms with Crippen molar-refractivity contribution in [1.29, 1.82) is 0 Å². The summed E-state index contributed by atoms with van der Waals surface area (Å²) in [7, 11) is -7.37. The van der Waals surface area contributed by atoms with Crippen LogP contribution in [0.25, 0.3) is 0 Å². The average Bonchev–Trinajstić information content (AvgIpc) is 3.89. The highest BCUT2D eigenvalue weighted by molar-refractivity contribution is 9.10. The van der Waals surface area contributed by atoms with E-state index in [0.29, 0.717) is 57.4 Å². The van der Waals surface area contributed by atoms with Gasteiger partial charge in [-0.25, -0.2) is 35.6 Å². The Morgan fingerprint density at radius 1 is 0.586 bits per heavy atom. The lowest BCUT2D eigenvalue weighted by Gasteiger charge is -2.33. The Kier molecular flexibility index (Phi) is 13.6. The molecular weight excluding hydrogens is 910 g/mol. The van der Waals surface area contributed by atoms with Gasteiger partial charge in [0.2, 0.25) is 20.0 Å². The predicted molar refractivity (Wildman–Crippen MR) is 230 cm³/mol. The number of thiazole rings is 2. The Labute approximate surface area is 358 Å². The van der Waals surface area contributed by atoms with Gasteiger partial charge in [0.25, 0.3) is 0 Å². The topological polar surface area (TPSA) is 107 Å². The fourth-order valence-electron chi connectivity index (χ4n) is 6.51. The molecule has 2 saturated heterocycles. The van der Waals surface area contributed by atoms with E-state index in [2.05, 4.69) is 37.9 Å². The minimum atomic E-state index is -3.69. The molecule has 2 aliphatic rings. The number of piperazine rings is 2. The van der Waals surface area contributed by atoms with Gasteiger partial charge >= 0.3 is 0 Å². The number of hydrogen-bond donors (Lipinski definition) is 0. The Balaban J connectivity index is 0.000000177. The lowest BCUT2D eigenvalue weighted by molar-refractivity contribution is 0.384. The average molecular weight is 948 g/mol. The summed E-state index contributed by atoms with van der Waals surface area (Å²) in [6.07, 6.45) is 1.48. The SMILES string of the molecule is O=S(=O)(c1cccc(F)c1)N1CCN(c2nc(Cc3ccc(Cl)cc3)cs2)CC1.O=S(=O)(c1cccc(F)c1)N1CCN(c2nc(Cc3cccc(Br)c3)cs2)CC1. The van der Waals surface area contributed by atoms with Crippen molar-refractivity contribution < 1.29 is 25.6 Å². The number of rotatable bonds is 10. The summed E-state index contributed by atoms with van der Waals surface area (Å²) in [5.74, 6) is -1.11. The summed E-state index contributed by atoms with van der Waals surface area (Å²) in [5.41, 5.74) is 4.29. The van der Waals surface area contributed by atoms with Gasteiger partial charge in [-0.1, -0.05) is 63.9 Å². The quantitative estimate of drug-likeness (QED) is 0.136. The molecule has 2 fully saturated rings. The van der Waals surface area contributed by atoms with Crippen molar-refractivity contribution in [3.05, 3.63) is 151 Å². The van der Waals surface area contributed by atoms with E-state index >= 15 is 0 Å². The van der Waals surface area contributed by atoms with Crippen LogP contribution in [0.4, 0.5) is 19.0 Å². The maximum Gasteiger partial charge on any atom is 0.243 e. The first kappa shape index (κ1) is 42.3. The van der Waals surface area contributed by atoms with Crippen molar-refractivity contribution in [2.24, 2.45) is 0 Å². The van der Waals surface area contributed by atoms with Gasteiger partial charge in [0, 0.05) is 85.5 Å². The smallest absolute Gasteiger partial charge is 0.243 e. The van der Waals surface area contributed by atoms with Crippen LogP contribution in [0.2, 0.25) is 5.02 Å². The Hall–Kier alpha value is -3.81. The van der Waals surface area contributed by atoms with Crippen LogP contribution in [0.3, 0.4) is 0 Å². The van der Waals surface area contributed by atoms with E-state index in [-0.39, 0.29) is 9.79 Å². The molecule has 4 heterocycles. The minimum Gasteiger partial charge on any atom is -0.345 e. The number of nitrogens with zero attached hydrogens (tertiary/aromatic N) is 6. The number of hydrogen-bond acceptors (Lipinski definition) is 10. The summed E-state index contributed by atoms with van der Waals surface area (Å²) in [5, 5.41) is 6.57. The molecule has 0 N–H and O–H groups in total. The Morgan fingerprint density at radius 2 is 1.03 bits per heavy atom. The van der Waals surface area contributed by atoms with Gasteiger partial charge in [-0.15, -0.1) is 22.7 Å². The summed E-state index contributed by atoms with van der Waals surface area (Å²) in [4.78, 5) is 13.6. The molecule has 2 aliphatic heterocycles. The third-order valence-corrected chi connectivity index (χ3v) is 16.0. The molecule has 0 radical (unpaired) electrons. The van der Waals surface area contributed by atoms with E-state index in [1.807, 2.05) is 47.2 Å². The van der Waals surface area contributed by atoms with E-state index in [9.17, 15) is 25.6 Å². The van der Waals surface area contributed by atoms with Crippen LogP contribution in [-0.2, 0) is 32.9 Å². The van der Waals surface area contributed by atoms with Gasteiger partial charge < -0.3 is 9.80 Å². The second-order valence-corrected chi connectivity index (χ2v) is 20.5. The van der Waals surface area contributed by atoms with Crippen molar-refractivity contribution in [3.8, 4) is 0 Å². The highest BCUT2D eigenvalue weighted by Crippen LogP contribution is 2.28. The molecule has 0 spiro atoms. The van der Waals surface area contributed by atoms with Crippen LogP contribution in [0.15, 0.2) is 122 Å². The standard InChI is InChI=1S/C20H19BrFN3O2S2.C20H19ClFN3O2S2/c21-16-4-1-3-15(11-16)12-18-14-28-20(23-18)24-7-9-25(10-8-24)29(26,27)19-6-2-5-17(22)13-19;21-16-6-4-15(5-7-16)12-18-14-28-20(23-18)24-8-10-25(11-9-24)29(26,27)19-3-1-2-17(22)13-19/h1-6,11,13-14H,7-10,12H2;1-7,13-14H,8-12H2. The zero-order chi connectivity index (χ0) is 40.9. The number of anilines is 2. The van der Waals surface area contributed by atoms with Gasteiger partial charge in [0.05, 0.1) is 21.2 Å². The van der Waals surface area contributed by atoms with Crippen molar-refractivity contribution in [1.82, 2.24) is 18.6 Å². The molecule has 0 unspecified atom stereocenters. The number of aromatic nitrogens is 2. The molecule has 0 atom stereocenters. The maximum atomic E-state index is 13.4. The van der Waals surface area contributed by atoms with Gasteiger partial charge in [0.1, 0.15) is 11.6 Å². The summed E-state index contributed by atoms with van der Waals surface area (Å²) < 4.78 is 81.7. The zero-order valence-corrected chi connectivity index (χ0v) is 36.5. The molecule has 10 nitrogen and oxygen atoms in total. The van der Waals surface area contributed by atoms with Crippen LogP contribution in [0, 0.1) is 11.6 Å². The first-order valence-corrected chi connectivity index (χ1v) is 24.0. The molecule has 4 aromatic carbocycles. The Bertz CT molecular complexity index is 2560. The summed E-state index contributed by atoms with van der Waals surface area (Å²) >= 11 is 12.5. The van der Waals surface area contributed by atoms with Crippen molar-refractivity contribution in [3.63, 3.8) is 0 Å². The van der Waals surface area contributed by atoms with Gasteiger partial charge in [-0.05, 0) is 71.8 Å². The second kappa shape index (κ2) is 18.6. The molecule has 8 rings (SSSR count). The number of benzene rings is 4. The fraction of sp³-hybridized carbons (Fsp3) is 0.250. The second-order valence-electron chi connectivity index (χ2n) is 13.5. The lowest BCUT2D eigenvalue weighted by Crippen LogP contribution is -2.48. The first-order valence-electron chi connectivity index (χ1n) is 18.2. The van der Waals surface area contributed by atoms with Crippen molar-refractivity contribution in [2.75, 3.05) is 62.2 Å². The zero-order valence-electron chi connectivity index (χ0n) is 30.9. The van der Waals surface area contributed by atoms with Gasteiger partial charge in [0.15, 0.2) is 10.3 Å². The van der Waals surface area contributed by atoms with Crippen LogP contribution < -0.4 is 9.80 Å². The molecular formula is C40H38BrClF2N6O4S4. The molecule has 58 heavy (non-hydrogen) atoms. The summed E-state index contributed by atoms with van der Waals surface area (Å²) in [6, 6.07) is 26.1. The largest absolute Gasteiger partial charge is 0.345 e. The monoisotopic (exact) mass is 946 g/mol. The molecule has 0 aliphatic carbocycles. The van der Waals surface area contributed by atoms with E-state index in [1.165, 1.54) is 50.6 Å². The minimum absolute atomic E-state index is 0.00323. The molecule has 0 amide bonds. The molecule has 304 valence electrons. The first-order chi connectivity index (χ1) is 27.8. The van der Waals surface area contributed by atoms with Gasteiger partial charge in [-0.3, -0.25) is 0 Å². The normalized spacial score (nSPS) is 15.6. The third kappa shape index (κ3) is 10.5. The molecule has 6 aromatic rings. The molecule has 0 bridgehead atoms. The van der Waals surface area contributed by atoms with Crippen LogP contribution in [0.5, 0.6) is 0 Å². The fourth-order valence-corrected chi connectivity index (χ4v) is 11.7. The van der Waals surface area contributed by atoms with Crippen molar-refractivity contribution in [2.45, 2.75) is 22.6 Å². The van der Waals surface area contributed by atoms with E-state index < -0.39 is 31.7 Å². The number of halogens is 4. The maximum absolute atomic E-state index is 13.4. The van der Waals surface area contributed by atoms with E-state index in [0.717, 1.165) is 56.7 Å². The van der Waals surface area contributed by atoms with E-state index in [1.54, 1.807) is 22.7 Å². The van der Waals surface area contributed by atoms with Crippen LogP contribution in [0.1, 0.15) is 22.5 Å². The van der Waals surface area contributed by atoms with Crippen molar-refractivity contribution >= 4 is 80.5 Å². The molecule has 2 aromatic heterocycles. The van der Waals surface area contributed by atoms with E-state index in [4.69, 9.17) is 21.6 Å². The predicted octanol–water partition coefficient (Wildman–Crippen LogP) is 8.18. The van der Waals surface area contributed by atoms with Crippen LogP contribution in [-0.4, -0.2) is 87.8 Å². The van der Waals surface area contributed by atoms with Gasteiger partial charge in [-0.2, -0.15) is 8.61 Å². The summed E-state index contributed by atoms with van der Waals surface area (Å²) in [6.45, 7) is 3.57. The Morgan fingerprint density at radius 3 is 1.48 bits per heavy atom. The third-order valence-electron chi connectivity index (χ3n) is 9.54. The molecule has 0 saturated carbocycles. The van der Waals surface area contributed by atoms with Crippen LogP contribution >= 0.6 is 50.2 Å². The molecule has 18 heteroatoms. The highest BCUT2D eigenvalue weighted by Gasteiger charge is 2.31. The lowest BCUT2D eigenvalue weighted by atomic mass is 10.1. The highest BCUT2D eigenvalue weighted by atomic mass is 79.9.